The van der Waals surface area contributed by atoms with Crippen molar-refractivity contribution < 1.29 is 18.7 Å². The molecule has 0 spiro atoms. The van der Waals surface area contributed by atoms with Gasteiger partial charge in [0.1, 0.15) is 5.52 Å². The third-order valence-corrected chi connectivity index (χ3v) is 4.99. The predicted octanol–water partition coefficient (Wildman–Crippen LogP) is 2.59. The number of carbonyl (C=O) groups excluding carboxylic acids is 1. The molecular formula is C23H28N6O4. The summed E-state index contributed by atoms with van der Waals surface area (Å²) in [5.41, 5.74) is 1.80. The molecular weight excluding hydrogens is 424 g/mol. The Kier molecular flexibility index (Phi) is 9.11. The van der Waals surface area contributed by atoms with Crippen LogP contribution in [0, 0.1) is 11.3 Å². The zero-order valence-electron chi connectivity index (χ0n) is 18.9. The Bertz CT molecular complexity index is 1040. The molecule has 1 unspecified atom stereocenters. The number of oxazole rings is 1. The number of benzene rings is 1. The first-order valence-corrected chi connectivity index (χ1v) is 10.7. The van der Waals surface area contributed by atoms with Crippen LogP contribution in [0.15, 0.2) is 40.9 Å². The van der Waals surface area contributed by atoms with Crippen LogP contribution in [0.1, 0.15) is 30.3 Å². The molecule has 3 rings (SSSR count). The van der Waals surface area contributed by atoms with E-state index in [2.05, 4.69) is 26.3 Å². The molecule has 10 heteroatoms. The van der Waals surface area contributed by atoms with Crippen molar-refractivity contribution in [3.63, 3.8) is 0 Å². The first-order valence-electron chi connectivity index (χ1n) is 10.7. The lowest BCUT2D eigenvalue weighted by atomic mass is 10.1. The maximum Gasteiger partial charge on any atom is 0.222 e. The second-order valence-electron chi connectivity index (χ2n) is 7.28. The number of nitrogens with one attached hydrogen (secondary N) is 1. The van der Waals surface area contributed by atoms with E-state index in [0.717, 1.165) is 0 Å². The summed E-state index contributed by atoms with van der Waals surface area (Å²) in [5.74, 6) is -0.0354. The molecule has 0 aliphatic heterocycles. The van der Waals surface area contributed by atoms with E-state index in [0.29, 0.717) is 74.3 Å². The highest BCUT2D eigenvalue weighted by Gasteiger charge is 2.22. The first-order chi connectivity index (χ1) is 16.2. The number of carbonyl (C=O) groups is 1. The van der Waals surface area contributed by atoms with Gasteiger partial charge in [-0.3, -0.25) is 4.79 Å². The van der Waals surface area contributed by atoms with Crippen molar-refractivity contribution in [1.29, 1.82) is 5.26 Å². The molecule has 0 aliphatic carbocycles. The van der Waals surface area contributed by atoms with Gasteiger partial charge in [0.25, 0.3) is 0 Å². The number of fused-ring (bicyclic) bond motifs is 1. The molecule has 10 nitrogen and oxygen atoms in total. The molecule has 0 saturated carbocycles. The second kappa shape index (κ2) is 12.5. The number of para-hydroxylation sites is 2. The lowest BCUT2D eigenvalue weighted by Crippen LogP contribution is -2.36. The highest BCUT2D eigenvalue weighted by atomic mass is 16.5. The molecule has 33 heavy (non-hydrogen) atoms. The summed E-state index contributed by atoms with van der Waals surface area (Å²) in [6.45, 7) is 2.53. The van der Waals surface area contributed by atoms with Crippen LogP contribution in [0.25, 0.3) is 11.1 Å². The van der Waals surface area contributed by atoms with Crippen LogP contribution in [0.3, 0.4) is 0 Å². The Labute approximate surface area is 192 Å². The van der Waals surface area contributed by atoms with Crippen LogP contribution in [0.2, 0.25) is 0 Å². The number of rotatable bonds is 13. The van der Waals surface area contributed by atoms with Gasteiger partial charge < -0.3 is 24.1 Å². The molecule has 1 N–H and O–H groups in total. The normalized spacial score (nSPS) is 11.8. The van der Waals surface area contributed by atoms with Crippen LogP contribution < -0.4 is 5.32 Å². The van der Waals surface area contributed by atoms with Crippen molar-refractivity contribution in [2.45, 2.75) is 18.8 Å². The van der Waals surface area contributed by atoms with Gasteiger partial charge in [0, 0.05) is 46.5 Å². The monoisotopic (exact) mass is 452 g/mol. The molecule has 174 valence electrons. The minimum Gasteiger partial charge on any atom is -0.439 e. The smallest absolute Gasteiger partial charge is 0.222 e. The third kappa shape index (κ3) is 6.71. The number of amides is 1. The predicted molar refractivity (Wildman–Crippen MR) is 122 cm³/mol. The standard InChI is InChI=1S/C23H28N6O4/c1-31-14-12-29(13-15-32-2)21(30)8-5-10-25-23-26-11-9-18(28-23)17(16-24)22-27-19-6-3-4-7-20(19)33-22/h3-4,6-7,9,11,17H,5,8,10,12-15H2,1-2H3,(H,25,26,28). The van der Waals surface area contributed by atoms with E-state index in [9.17, 15) is 10.1 Å². The van der Waals surface area contributed by atoms with Gasteiger partial charge in [-0.25, -0.2) is 15.0 Å². The van der Waals surface area contributed by atoms with Crippen molar-refractivity contribution >= 4 is 23.0 Å². The minimum absolute atomic E-state index is 0.0427. The number of nitrogens with zero attached hydrogens (tertiary/aromatic N) is 5. The Morgan fingerprint density at radius 1 is 1.18 bits per heavy atom. The minimum atomic E-state index is -0.752. The maximum absolute atomic E-state index is 12.5. The molecule has 0 fully saturated rings. The van der Waals surface area contributed by atoms with Crippen LogP contribution in [0.5, 0.6) is 0 Å². The molecule has 2 heterocycles. The number of methoxy groups -OCH3 is 2. The van der Waals surface area contributed by atoms with Gasteiger partial charge in [-0.1, -0.05) is 12.1 Å². The fourth-order valence-corrected chi connectivity index (χ4v) is 3.24. The maximum atomic E-state index is 12.5. The van der Waals surface area contributed by atoms with E-state index in [1.807, 2.05) is 18.2 Å². The molecule has 1 amide bonds. The van der Waals surface area contributed by atoms with E-state index < -0.39 is 5.92 Å². The van der Waals surface area contributed by atoms with Gasteiger partial charge in [-0.2, -0.15) is 5.26 Å². The van der Waals surface area contributed by atoms with Gasteiger partial charge in [-0.05, 0) is 24.6 Å². The number of ether oxygens (including phenoxy) is 2. The van der Waals surface area contributed by atoms with Gasteiger partial charge in [0.2, 0.25) is 17.7 Å². The number of hydrogen-bond donors (Lipinski definition) is 1. The van der Waals surface area contributed by atoms with Crippen molar-refractivity contribution in [1.82, 2.24) is 19.9 Å². The second-order valence-corrected chi connectivity index (χ2v) is 7.28. The van der Waals surface area contributed by atoms with Crippen LogP contribution in [-0.4, -0.2) is 72.8 Å². The van der Waals surface area contributed by atoms with Crippen molar-refractivity contribution in [3.05, 3.63) is 48.1 Å². The molecule has 1 aromatic carbocycles. The summed E-state index contributed by atoms with van der Waals surface area (Å²) >= 11 is 0. The van der Waals surface area contributed by atoms with Crippen molar-refractivity contribution in [2.24, 2.45) is 0 Å². The summed E-state index contributed by atoms with van der Waals surface area (Å²) < 4.78 is 15.9. The van der Waals surface area contributed by atoms with E-state index in [-0.39, 0.29) is 5.91 Å². The molecule has 0 radical (unpaired) electrons. The Balaban J connectivity index is 1.56. The molecule has 0 saturated heterocycles. The van der Waals surface area contributed by atoms with Crippen molar-refractivity contribution in [3.8, 4) is 6.07 Å². The average Bonchev–Trinajstić information content (AvgIpc) is 3.26. The summed E-state index contributed by atoms with van der Waals surface area (Å²) in [5, 5.41) is 12.8. The topological polar surface area (TPSA) is 126 Å². The van der Waals surface area contributed by atoms with Gasteiger partial charge in [0.05, 0.1) is 25.0 Å². The lowest BCUT2D eigenvalue weighted by Gasteiger charge is -2.22. The average molecular weight is 453 g/mol. The van der Waals surface area contributed by atoms with E-state index >= 15 is 0 Å². The summed E-state index contributed by atoms with van der Waals surface area (Å²) in [4.78, 5) is 27.3. The molecule has 2 aromatic heterocycles. The van der Waals surface area contributed by atoms with Crippen LogP contribution in [-0.2, 0) is 14.3 Å². The van der Waals surface area contributed by atoms with E-state index in [4.69, 9.17) is 13.9 Å². The summed E-state index contributed by atoms with van der Waals surface area (Å²) in [7, 11) is 3.22. The quantitative estimate of drug-likeness (QED) is 0.389. The highest BCUT2D eigenvalue weighted by molar-refractivity contribution is 5.76. The summed E-state index contributed by atoms with van der Waals surface area (Å²) in [6.07, 6.45) is 2.57. The Morgan fingerprint density at radius 3 is 2.64 bits per heavy atom. The van der Waals surface area contributed by atoms with Crippen LogP contribution >= 0.6 is 0 Å². The Morgan fingerprint density at radius 2 is 1.94 bits per heavy atom. The van der Waals surface area contributed by atoms with E-state index in [1.165, 1.54) is 0 Å². The number of hydrogen-bond acceptors (Lipinski definition) is 9. The highest BCUT2D eigenvalue weighted by Crippen LogP contribution is 2.26. The van der Waals surface area contributed by atoms with Gasteiger partial charge in [-0.15, -0.1) is 0 Å². The van der Waals surface area contributed by atoms with Crippen LogP contribution in [0.4, 0.5) is 5.95 Å². The largest absolute Gasteiger partial charge is 0.439 e. The molecule has 3 aromatic rings. The lowest BCUT2D eigenvalue weighted by molar-refractivity contribution is -0.132. The first kappa shape index (κ1) is 24.1. The van der Waals surface area contributed by atoms with Crippen molar-refractivity contribution in [2.75, 3.05) is 52.4 Å². The number of anilines is 1. The fraction of sp³-hybridized carbons (Fsp3) is 0.435. The molecule has 0 bridgehead atoms. The Hall–Kier alpha value is -3.55. The zero-order valence-corrected chi connectivity index (χ0v) is 18.9. The number of aromatic nitrogens is 3. The number of nitriles is 1. The fourth-order valence-electron chi connectivity index (χ4n) is 3.24. The molecule has 0 aliphatic rings. The van der Waals surface area contributed by atoms with Gasteiger partial charge >= 0.3 is 0 Å². The molecule has 1 atom stereocenters. The summed E-state index contributed by atoms with van der Waals surface area (Å²) in [6, 6.07) is 11.2. The van der Waals surface area contributed by atoms with E-state index in [1.54, 1.807) is 37.4 Å². The zero-order chi connectivity index (χ0) is 23.5. The van der Waals surface area contributed by atoms with Gasteiger partial charge in [0.15, 0.2) is 11.5 Å². The SMILES string of the molecule is COCCN(CCOC)C(=O)CCCNc1nccc(C(C#N)c2nc3ccccc3o2)n1. The third-order valence-electron chi connectivity index (χ3n) is 4.99.